The number of ether oxygens (including phenoxy) is 1. The number of methoxy groups -OCH3 is 1. The minimum absolute atomic E-state index is 0.0446. The third-order valence-electron chi connectivity index (χ3n) is 6.87. The first-order chi connectivity index (χ1) is 18.2. The highest BCUT2D eigenvalue weighted by atomic mass is 32.2. The number of fused-ring (bicyclic) bond motifs is 1. The number of anilines is 1. The van der Waals surface area contributed by atoms with Crippen molar-refractivity contribution in [2.75, 3.05) is 12.4 Å². The lowest BCUT2D eigenvalue weighted by atomic mass is 9.91. The standard InChI is InChI=1S/C30H36N4O3S/c1-7-19(4)31-26(35)16-24-17-38-30-32-20(5)27(29(36)33-23-12-14-25(37-6)15-13-23)28(34(24)30)22-10-8-21(9-11-22)18(2)3/h8-15,17-19,28H,7,16H2,1-6H3,(H,31,35)(H,33,36)/t19-,28-/m0/s1. The highest BCUT2D eigenvalue weighted by Gasteiger charge is 2.40. The SMILES string of the molecule is CC[C@H](C)NC(=O)CC1=CSC2=NC(C)=C(C(=O)Nc3ccc(OC)cc3)[C@H](c3ccc(C(C)C)cc3)N12. The number of amides is 2. The Morgan fingerprint density at radius 1 is 1.08 bits per heavy atom. The quantitative estimate of drug-likeness (QED) is 0.394. The number of nitrogens with zero attached hydrogens (tertiary/aromatic N) is 2. The van der Waals surface area contributed by atoms with Crippen LogP contribution in [-0.4, -0.2) is 35.0 Å². The average molecular weight is 533 g/mol. The highest BCUT2D eigenvalue weighted by Crippen LogP contribution is 2.45. The molecule has 7 nitrogen and oxygen atoms in total. The van der Waals surface area contributed by atoms with Crippen molar-refractivity contribution in [1.82, 2.24) is 10.2 Å². The number of benzene rings is 2. The van der Waals surface area contributed by atoms with Gasteiger partial charge >= 0.3 is 0 Å². The van der Waals surface area contributed by atoms with E-state index in [0.717, 1.165) is 22.8 Å². The molecule has 0 bridgehead atoms. The number of carbonyl (C=O) groups excluding carboxylic acids is 2. The Morgan fingerprint density at radius 2 is 1.76 bits per heavy atom. The highest BCUT2D eigenvalue weighted by molar-refractivity contribution is 8.16. The number of aliphatic imine (C=N–C) groups is 1. The fourth-order valence-corrected chi connectivity index (χ4v) is 5.47. The molecule has 2 aliphatic heterocycles. The molecule has 0 aromatic heterocycles. The Balaban J connectivity index is 1.70. The van der Waals surface area contributed by atoms with Gasteiger partial charge in [0.2, 0.25) is 5.91 Å². The molecule has 200 valence electrons. The lowest BCUT2D eigenvalue weighted by Crippen LogP contribution is -2.39. The summed E-state index contributed by atoms with van der Waals surface area (Å²) in [4.78, 5) is 33.5. The summed E-state index contributed by atoms with van der Waals surface area (Å²) in [5.74, 6) is 0.836. The van der Waals surface area contributed by atoms with Crippen molar-refractivity contribution in [3.05, 3.63) is 82.0 Å². The molecule has 0 saturated carbocycles. The van der Waals surface area contributed by atoms with Gasteiger partial charge in [-0.05, 0) is 67.0 Å². The van der Waals surface area contributed by atoms with Crippen molar-refractivity contribution < 1.29 is 14.3 Å². The molecule has 0 aliphatic carbocycles. The van der Waals surface area contributed by atoms with Gasteiger partial charge in [-0.1, -0.05) is 56.8 Å². The predicted octanol–water partition coefficient (Wildman–Crippen LogP) is 6.34. The van der Waals surface area contributed by atoms with Gasteiger partial charge < -0.3 is 20.3 Å². The van der Waals surface area contributed by atoms with E-state index >= 15 is 0 Å². The van der Waals surface area contributed by atoms with Crippen molar-refractivity contribution in [2.24, 2.45) is 4.99 Å². The Morgan fingerprint density at radius 3 is 2.37 bits per heavy atom. The van der Waals surface area contributed by atoms with E-state index in [4.69, 9.17) is 9.73 Å². The molecule has 2 heterocycles. The molecule has 0 saturated heterocycles. The smallest absolute Gasteiger partial charge is 0.255 e. The minimum atomic E-state index is -0.417. The zero-order valence-electron chi connectivity index (χ0n) is 22.9. The molecule has 2 aliphatic rings. The summed E-state index contributed by atoms with van der Waals surface area (Å²) in [6, 6.07) is 15.3. The molecular weight excluding hydrogens is 496 g/mol. The van der Waals surface area contributed by atoms with Crippen LogP contribution in [0.3, 0.4) is 0 Å². The number of hydrogen-bond acceptors (Lipinski definition) is 6. The van der Waals surface area contributed by atoms with Crippen molar-refractivity contribution in [3.8, 4) is 5.75 Å². The molecule has 0 unspecified atom stereocenters. The summed E-state index contributed by atoms with van der Waals surface area (Å²) in [6.45, 7) is 10.2. The van der Waals surface area contributed by atoms with Gasteiger partial charge in [0, 0.05) is 17.4 Å². The summed E-state index contributed by atoms with van der Waals surface area (Å²) in [7, 11) is 1.61. The normalized spacial score (nSPS) is 17.6. The monoisotopic (exact) mass is 532 g/mol. The van der Waals surface area contributed by atoms with Crippen LogP contribution in [0.15, 0.2) is 75.9 Å². The van der Waals surface area contributed by atoms with Crippen LogP contribution < -0.4 is 15.4 Å². The van der Waals surface area contributed by atoms with Gasteiger partial charge in [-0.15, -0.1) is 0 Å². The Hall–Kier alpha value is -3.52. The molecule has 0 spiro atoms. The number of hydrogen-bond donors (Lipinski definition) is 2. The van der Waals surface area contributed by atoms with Crippen LogP contribution in [0.1, 0.15) is 70.5 Å². The second-order valence-electron chi connectivity index (χ2n) is 9.95. The Kier molecular flexibility index (Phi) is 8.62. The average Bonchev–Trinajstić information content (AvgIpc) is 3.29. The first-order valence-corrected chi connectivity index (χ1v) is 13.9. The summed E-state index contributed by atoms with van der Waals surface area (Å²) in [5, 5.41) is 8.84. The number of rotatable bonds is 9. The van der Waals surface area contributed by atoms with Crippen molar-refractivity contribution in [1.29, 1.82) is 0 Å². The van der Waals surface area contributed by atoms with E-state index in [0.29, 0.717) is 28.6 Å². The second kappa shape index (κ2) is 11.9. The molecule has 0 radical (unpaired) electrons. The Bertz CT molecular complexity index is 1280. The van der Waals surface area contributed by atoms with Gasteiger partial charge in [0.15, 0.2) is 5.17 Å². The van der Waals surface area contributed by atoms with Crippen LogP contribution in [0, 0.1) is 0 Å². The van der Waals surface area contributed by atoms with E-state index in [1.54, 1.807) is 7.11 Å². The lowest BCUT2D eigenvalue weighted by molar-refractivity contribution is -0.121. The van der Waals surface area contributed by atoms with Gasteiger partial charge in [0.25, 0.3) is 5.91 Å². The summed E-state index contributed by atoms with van der Waals surface area (Å²) in [6.07, 6.45) is 1.07. The zero-order valence-corrected chi connectivity index (χ0v) is 23.7. The van der Waals surface area contributed by atoms with Crippen molar-refractivity contribution in [2.45, 2.75) is 65.5 Å². The van der Waals surface area contributed by atoms with Gasteiger partial charge in [-0.3, -0.25) is 9.59 Å². The molecule has 38 heavy (non-hydrogen) atoms. The lowest BCUT2D eigenvalue weighted by Gasteiger charge is -2.36. The van der Waals surface area contributed by atoms with E-state index in [9.17, 15) is 9.59 Å². The molecule has 0 fully saturated rings. The van der Waals surface area contributed by atoms with Gasteiger partial charge in [0.05, 0.1) is 30.8 Å². The number of thioether (sulfide) groups is 1. The van der Waals surface area contributed by atoms with E-state index in [1.165, 1.54) is 17.3 Å². The zero-order chi connectivity index (χ0) is 27.4. The van der Waals surface area contributed by atoms with Gasteiger partial charge in [0.1, 0.15) is 5.75 Å². The van der Waals surface area contributed by atoms with E-state index in [2.05, 4.69) is 48.7 Å². The number of carbonyl (C=O) groups is 2. The van der Waals surface area contributed by atoms with Crippen LogP contribution in [0.2, 0.25) is 0 Å². The summed E-state index contributed by atoms with van der Waals surface area (Å²) >= 11 is 1.49. The van der Waals surface area contributed by atoms with Crippen LogP contribution in [0.25, 0.3) is 0 Å². The van der Waals surface area contributed by atoms with Crippen LogP contribution in [0.5, 0.6) is 5.75 Å². The fraction of sp³-hybridized carbons (Fsp3) is 0.367. The van der Waals surface area contributed by atoms with E-state index < -0.39 is 6.04 Å². The maximum Gasteiger partial charge on any atom is 0.255 e. The van der Waals surface area contributed by atoms with Crippen molar-refractivity contribution >= 4 is 34.4 Å². The van der Waals surface area contributed by atoms with E-state index in [1.807, 2.05) is 55.3 Å². The third kappa shape index (κ3) is 5.96. The Labute approximate surface area is 229 Å². The number of nitrogens with one attached hydrogen (secondary N) is 2. The molecule has 2 aromatic rings. The topological polar surface area (TPSA) is 83.0 Å². The molecule has 4 rings (SSSR count). The van der Waals surface area contributed by atoms with E-state index in [-0.39, 0.29) is 24.3 Å². The van der Waals surface area contributed by atoms with Crippen LogP contribution in [0.4, 0.5) is 5.69 Å². The molecular formula is C30H36N4O3S. The molecule has 8 heteroatoms. The number of allylic oxidation sites excluding steroid dienone is 1. The molecule has 2 amide bonds. The van der Waals surface area contributed by atoms with Crippen molar-refractivity contribution in [3.63, 3.8) is 0 Å². The van der Waals surface area contributed by atoms with Crippen LogP contribution >= 0.6 is 11.8 Å². The maximum absolute atomic E-state index is 13.8. The predicted molar refractivity (Wildman–Crippen MR) is 155 cm³/mol. The summed E-state index contributed by atoms with van der Waals surface area (Å²) in [5.41, 5.74) is 4.90. The first kappa shape index (κ1) is 27.5. The number of amidine groups is 1. The molecule has 2 aromatic carbocycles. The van der Waals surface area contributed by atoms with Crippen LogP contribution in [-0.2, 0) is 9.59 Å². The third-order valence-corrected chi connectivity index (χ3v) is 7.76. The fourth-order valence-electron chi connectivity index (χ4n) is 4.50. The summed E-state index contributed by atoms with van der Waals surface area (Å²) < 4.78 is 5.24. The molecule has 2 N–H and O–H groups in total. The largest absolute Gasteiger partial charge is 0.497 e. The maximum atomic E-state index is 13.8. The second-order valence-corrected chi connectivity index (χ2v) is 10.8. The first-order valence-electron chi connectivity index (χ1n) is 13.0. The van der Waals surface area contributed by atoms with Gasteiger partial charge in [-0.2, -0.15) is 0 Å². The molecule has 2 atom stereocenters. The minimum Gasteiger partial charge on any atom is -0.497 e. The van der Waals surface area contributed by atoms with Gasteiger partial charge in [-0.25, -0.2) is 4.99 Å².